The molecule has 1 N–H and O–H groups in total. The van der Waals surface area contributed by atoms with Crippen molar-refractivity contribution in [2.45, 2.75) is 38.5 Å². The van der Waals surface area contributed by atoms with E-state index in [1.54, 1.807) is 0 Å². The van der Waals surface area contributed by atoms with Gasteiger partial charge in [-0.15, -0.1) is 0 Å². The summed E-state index contributed by atoms with van der Waals surface area (Å²) >= 11 is 0. The summed E-state index contributed by atoms with van der Waals surface area (Å²) in [4.78, 5) is 5.67. The fourth-order valence-corrected chi connectivity index (χ4v) is 2.86. The highest BCUT2D eigenvalue weighted by Gasteiger charge is 2.34. The standard InChI is InChI=1S/C14H20F3N3/c1-9-10(2)20(7-6-12(9)18-3)11-4-5-13(19-8-11)14(15,16)17/h4-5,8-10,12,18H,6-7H2,1-3H3. The maximum atomic E-state index is 12.5. The molecule has 0 aromatic carbocycles. The summed E-state index contributed by atoms with van der Waals surface area (Å²) in [5.41, 5.74) is -0.0843. The molecule has 2 rings (SSSR count). The van der Waals surface area contributed by atoms with Gasteiger partial charge in [0.15, 0.2) is 0 Å². The zero-order chi connectivity index (χ0) is 14.9. The molecule has 3 atom stereocenters. The van der Waals surface area contributed by atoms with Gasteiger partial charge in [0.05, 0.1) is 11.9 Å². The van der Waals surface area contributed by atoms with Crippen molar-refractivity contribution in [3.8, 4) is 0 Å². The minimum absolute atomic E-state index is 0.264. The third kappa shape index (κ3) is 2.90. The van der Waals surface area contributed by atoms with Gasteiger partial charge in [-0.1, -0.05) is 6.92 Å². The van der Waals surface area contributed by atoms with E-state index in [9.17, 15) is 13.2 Å². The Hall–Kier alpha value is -1.30. The molecule has 0 saturated carbocycles. The number of piperidine rings is 1. The van der Waals surface area contributed by atoms with Crippen LogP contribution in [0, 0.1) is 5.92 Å². The van der Waals surface area contributed by atoms with Crippen molar-refractivity contribution in [1.29, 1.82) is 0 Å². The Morgan fingerprint density at radius 1 is 1.30 bits per heavy atom. The second kappa shape index (κ2) is 5.60. The topological polar surface area (TPSA) is 28.2 Å². The number of aromatic nitrogens is 1. The van der Waals surface area contributed by atoms with Crippen molar-refractivity contribution in [3.05, 3.63) is 24.0 Å². The van der Waals surface area contributed by atoms with Crippen LogP contribution in [0.25, 0.3) is 0 Å². The molecule has 0 aliphatic carbocycles. The molecule has 0 bridgehead atoms. The number of pyridine rings is 1. The molecule has 3 unspecified atom stereocenters. The summed E-state index contributed by atoms with van der Waals surface area (Å²) in [6.07, 6.45) is -2.08. The molecule has 1 saturated heterocycles. The first-order valence-corrected chi connectivity index (χ1v) is 6.81. The van der Waals surface area contributed by atoms with Crippen LogP contribution in [0.5, 0.6) is 0 Å². The van der Waals surface area contributed by atoms with Crippen LogP contribution in [0.2, 0.25) is 0 Å². The van der Waals surface area contributed by atoms with Gasteiger partial charge in [-0.05, 0) is 38.4 Å². The van der Waals surface area contributed by atoms with Crippen LogP contribution in [0.4, 0.5) is 18.9 Å². The van der Waals surface area contributed by atoms with E-state index in [1.807, 2.05) is 7.05 Å². The summed E-state index contributed by atoms with van der Waals surface area (Å²) in [5, 5.41) is 3.29. The van der Waals surface area contributed by atoms with E-state index in [0.29, 0.717) is 12.0 Å². The number of nitrogens with zero attached hydrogens (tertiary/aromatic N) is 2. The van der Waals surface area contributed by atoms with Crippen LogP contribution in [-0.2, 0) is 6.18 Å². The number of anilines is 1. The van der Waals surface area contributed by atoms with Gasteiger partial charge in [-0.3, -0.25) is 0 Å². The van der Waals surface area contributed by atoms with Gasteiger partial charge in [-0.2, -0.15) is 13.2 Å². The number of hydrogen-bond donors (Lipinski definition) is 1. The largest absolute Gasteiger partial charge is 0.433 e. The van der Waals surface area contributed by atoms with Gasteiger partial charge in [0.2, 0.25) is 0 Å². The molecule has 1 aromatic heterocycles. The van der Waals surface area contributed by atoms with Gasteiger partial charge in [0, 0.05) is 18.6 Å². The highest BCUT2D eigenvalue weighted by Crippen LogP contribution is 2.31. The van der Waals surface area contributed by atoms with Gasteiger partial charge >= 0.3 is 6.18 Å². The van der Waals surface area contributed by atoms with Crippen LogP contribution in [0.1, 0.15) is 26.0 Å². The minimum Gasteiger partial charge on any atom is -0.367 e. The smallest absolute Gasteiger partial charge is 0.367 e. The van der Waals surface area contributed by atoms with Gasteiger partial charge in [0.25, 0.3) is 0 Å². The average molecular weight is 287 g/mol. The lowest BCUT2D eigenvalue weighted by molar-refractivity contribution is -0.141. The third-order valence-corrected chi connectivity index (χ3v) is 4.31. The second-order valence-electron chi connectivity index (χ2n) is 5.38. The van der Waals surface area contributed by atoms with Crippen molar-refractivity contribution >= 4 is 5.69 Å². The third-order valence-electron chi connectivity index (χ3n) is 4.31. The molecule has 1 fully saturated rings. The normalized spacial score (nSPS) is 27.7. The molecule has 1 aliphatic rings. The fourth-order valence-electron chi connectivity index (χ4n) is 2.86. The Bertz CT molecular complexity index is 444. The molecule has 112 valence electrons. The molecule has 1 aliphatic heterocycles. The van der Waals surface area contributed by atoms with Crippen LogP contribution >= 0.6 is 0 Å². The van der Waals surface area contributed by atoms with Crippen molar-refractivity contribution in [2.75, 3.05) is 18.5 Å². The highest BCUT2D eigenvalue weighted by molar-refractivity contribution is 5.46. The average Bonchev–Trinajstić information content (AvgIpc) is 2.41. The van der Waals surface area contributed by atoms with E-state index >= 15 is 0 Å². The van der Waals surface area contributed by atoms with Crippen LogP contribution in [0.15, 0.2) is 18.3 Å². The summed E-state index contributed by atoms with van der Waals surface area (Å²) in [7, 11) is 1.95. The zero-order valence-electron chi connectivity index (χ0n) is 11.9. The molecular weight excluding hydrogens is 267 g/mol. The van der Waals surface area contributed by atoms with E-state index < -0.39 is 11.9 Å². The first-order chi connectivity index (χ1) is 9.34. The van der Waals surface area contributed by atoms with Crippen molar-refractivity contribution < 1.29 is 13.2 Å². The minimum atomic E-state index is -4.38. The van der Waals surface area contributed by atoms with Gasteiger partial charge in [-0.25, -0.2) is 4.98 Å². The number of alkyl halides is 3. The Balaban J connectivity index is 2.16. The molecule has 2 heterocycles. The van der Waals surface area contributed by atoms with Gasteiger partial charge in [0.1, 0.15) is 5.69 Å². The summed E-state index contributed by atoms with van der Waals surface area (Å²) in [6.45, 7) is 5.09. The van der Waals surface area contributed by atoms with Crippen LogP contribution < -0.4 is 10.2 Å². The predicted octanol–water partition coefficient (Wildman–Crippen LogP) is 2.92. The lowest BCUT2D eigenvalue weighted by atomic mass is 9.87. The second-order valence-corrected chi connectivity index (χ2v) is 5.38. The predicted molar refractivity (Wildman–Crippen MR) is 72.7 cm³/mol. The zero-order valence-corrected chi connectivity index (χ0v) is 11.9. The first-order valence-electron chi connectivity index (χ1n) is 6.81. The monoisotopic (exact) mass is 287 g/mol. The number of hydrogen-bond acceptors (Lipinski definition) is 3. The van der Waals surface area contributed by atoms with Crippen molar-refractivity contribution in [3.63, 3.8) is 0 Å². The van der Waals surface area contributed by atoms with Crippen molar-refractivity contribution in [1.82, 2.24) is 10.3 Å². The maximum Gasteiger partial charge on any atom is 0.433 e. The highest BCUT2D eigenvalue weighted by atomic mass is 19.4. The number of nitrogens with one attached hydrogen (secondary N) is 1. The molecule has 0 radical (unpaired) electrons. The molecule has 0 spiro atoms. The molecular formula is C14H20F3N3. The quantitative estimate of drug-likeness (QED) is 0.906. The molecule has 3 nitrogen and oxygen atoms in total. The lowest BCUT2D eigenvalue weighted by Crippen LogP contribution is -2.52. The SMILES string of the molecule is CNC1CCN(c2ccc(C(F)(F)F)nc2)C(C)C1C. The lowest BCUT2D eigenvalue weighted by Gasteiger charge is -2.43. The van der Waals surface area contributed by atoms with E-state index in [-0.39, 0.29) is 6.04 Å². The molecule has 20 heavy (non-hydrogen) atoms. The number of halogens is 3. The summed E-state index contributed by atoms with van der Waals surface area (Å²) < 4.78 is 37.5. The van der Waals surface area contributed by atoms with Crippen LogP contribution in [0.3, 0.4) is 0 Å². The Morgan fingerprint density at radius 2 is 2.00 bits per heavy atom. The first kappa shape index (κ1) is 15.1. The number of rotatable bonds is 2. The van der Waals surface area contributed by atoms with Crippen LogP contribution in [-0.4, -0.2) is 30.7 Å². The molecule has 6 heteroatoms. The van der Waals surface area contributed by atoms with E-state index in [4.69, 9.17) is 0 Å². The van der Waals surface area contributed by atoms with E-state index in [0.717, 1.165) is 24.7 Å². The fraction of sp³-hybridized carbons (Fsp3) is 0.643. The molecule has 1 aromatic rings. The molecule has 0 amide bonds. The Kier molecular flexibility index (Phi) is 4.22. The van der Waals surface area contributed by atoms with E-state index in [2.05, 4.69) is 29.0 Å². The summed E-state index contributed by atoms with van der Waals surface area (Å²) in [6, 6.07) is 3.28. The summed E-state index contributed by atoms with van der Waals surface area (Å²) in [5.74, 6) is 0.427. The van der Waals surface area contributed by atoms with Gasteiger partial charge < -0.3 is 10.2 Å². The maximum absolute atomic E-state index is 12.5. The van der Waals surface area contributed by atoms with Crippen molar-refractivity contribution in [2.24, 2.45) is 5.92 Å². The Morgan fingerprint density at radius 3 is 2.50 bits per heavy atom. The van der Waals surface area contributed by atoms with E-state index in [1.165, 1.54) is 12.3 Å². The Labute approximate surface area is 117 Å².